The molecule has 1 atom stereocenters. The number of aliphatic imine (C=N–C) groups is 2. The largest absolute Gasteiger partial charge is 0.497 e. The summed E-state index contributed by atoms with van der Waals surface area (Å²) in [6.07, 6.45) is 2.50. The van der Waals surface area contributed by atoms with Crippen molar-refractivity contribution in [3.63, 3.8) is 0 Å². The van der Waals surface area contributed by atoms with Crippen LogP contribution in [0.2, 0.25) is 0 Å². The molecule has 126 valence electrons. The molecule has 0 radical (unpaired) electrons. The first-order valence-electron chi connectivity index (χ1n) is 8.42. The van der Waals surface area contributed by atoms with Gasteiger partial charge >= 0.3 is 0 Å². The minimum atomic E-state index is -0.707. The summed E-state index contributed by atoms with van der Waals surface area (Å²) in [5.74, 6) is 1.65. The molecule has 4 heteroatoms. The molecule has 2 aliphatic heterocycles. The first-order valence-corrected chi connectivity index (χ1v) is 8.42. The molecule has 2 aromatic carbocycles. The van der Waals surface area contributed by atoms with Crippen LogP contribution in [0, 0.1) is 0 Å². The molecule has 0 bridgehead atoms. The second-order valence-corrected chi connectivity index (χ2v) is 6.11. The van der Waals surface area contributed by atoms with E-state index in [9.17, 15) is 0 Å². The monoisotopic (exact) mass is 332 g/mol. The summed E-state index contributed by atoms with van der Waals surface area (Å²) >= 11 is 0. The molecular formula is C21H20N2O2. The van der Waals surface area contributed by atoms with Crippen LogP contribution in [0.3, 0.4) is 0 Å². The molecule has 1 unspecified atom stereocenters. The fraction of sp³-hybridized carbons (Fsp3) is 0.238. The lowest BCUT2D eigenvalue weighted by molar-refractivity contribution is 0.142. The van der Waals surface area contributed by atoms with Crippen molar-refractivity contribution in [2.75, 3.05) is 20.2 Å². The Hall–Kier alpha value is -2.88. The molecule has 4 rings (SSSR count). The second-order valence-electron chi connectivity index (χ2n) is 6.11. The Morgan fingerprint density at radius 1 is 1.12 bits per heavy atom. The van der Waals surface area contributed by atoms with E-state index in [4.69, 9.17) is 19.5 Å². The summed E-state index contributed by atoms with van der Waals surface area (Å²) in [7, 11) is 1.66. The number of nitrogens with zero attached hydrogens (tertiary/aromatic N) is 2. The van der Waals surface area contributed by atoms with Crippen LogP contribution in [-0.4, -0.2) is 31.6 Å². The number of hydrogen-bond acceptors (Lipinski definition) is 4. The predicted octanol–water partition coefficient (Wildman–Crippen LogP) is 3.80. The van der Waals surface area contributed by atoms with Crippen molar-refractivity contribution in [3.8, 4) is 11.5 Å². The first-order chi connectivity index (χ1) is 12.3. The average Bonchev–Trinajstić information content (AvgIpc) is 2.68. The lowest BCUT2D eigenvalue weighted by atomic mass is 9.79. The lowest BCUT2D eigenvalue weighted by Crippen LogP contribution is -2.50. The Balaban J connectivity index is 1.93. The van der Waals surface area contributed by atoms with E-state index in [2.05, 4.69) is 6.58 Å². The molecule has 0 fully saturated rings. The van der Waals surface area contributed by atoms with Gasteiger partial charge in [0.05, 0.1) is 25.9 Å². The number of methoxy groups -OCH3 is 1. The number of rotatable bonds is 4. The van der Waals surface area contributed by atoms with E-state index in [-0.39, 0.29) is 0 Å². The van der Waals surface area contributed by atoms with Gasteiger partial charge in [-0.25, -0.2) is 0 Å². The molecule has 0 N–H and O–H groups in total. The van der Waals surface area contributed by atoms with Crippen LogP contribution in [0.25, 0.3) is 0 Å². The highest BCUT2D eigenvalue weighted by Crippen LogP contribution is 2.42. The Labute approximate surface area is 147 Å². The fourth-order valence-corrected chi connectivity index (χ4v) is 3.51. The van der Waals surface area contributed by atoms with Gasteiger partial charge in [0.2, 0.25) is 0 Å². The van der Waals surface area contributed by atoms with E-state index in [1.165, 1.54) is 0 Å². The van der Waals surface area contributed by atoms with Gasteiger partial charge in [-0.05, 0) is 24.3 Å². The zero-order valence-electron chi connectivity index (χ0n) is 14.2. The normalized spacial score (nSPS) is 21.2. The standard InChI is InChI=1S/C21H20N2O2/c1-3-12-21(15-8-10-16(24-2)11-9-15)20-19(22-13-14-23-20)17-6-4-5-7-18(17)25-21/h3-11H,1,12-14H2,2H3. The zero-order valence-corrected chi connectivity index (χ0v) is 14.2. The molecule has 0 amide bonds. The van der Waals surface area contributed by atoms with Crippen LogP contribution in [0.5, 0.6) is 11.5 Å². The molecule has 2 aliphatic rings. The fourth-order valence-electron chi connectivity index (χ4n) is 3.51. The maximum absolute atomic E-state index is 6.57. The summed E-state index contributed by atoms with van der Waals surface area (Å²) in [5, 5.41) is 0. The van der Waals surface area contributed by atoms with Crippen LogP contribution < -0.4 is 9.47 Å². The summed E-state index contributed by atoms with van der Waals surface area (Å²) in [6.45, 7) is 5.34. The Kier molecular flexibility index (Phi) is 3.88. The second kappa shape index (κ2) is 6.20. The smallest absolute Gasteiger partial charge is 0.181 e. The Morgan fingerprint density at radius 2 is 1.88 bits per heavy atom. The van der Waals surface area contributed by atoms with Crippen molar-refractivity contribution in [1.29, 1.82) is 0 Å². The molecule has 0 aliphatic carbocycles. The van der Waals surface area contributed by atoms with Gasteiger partial charge < -0.3 is 9.47 Å². The topological polar surface area (TPSA) is 43.2 Å². The SMILES string of the molecule is C=CCC1(c2ccc(OC)cc2)Oc2ccccc2C2=NCCN=C21. The van der Waals surface area contributed by atoms with Gasteiger partial charge in [-0.3, -0.25) is 9.98 Å². The van der Waals surface area contributed by atoms with Gasteiger partial charge in [-0.1, -0.05) is 30.3 Å². The van der Waals surface area contributed by atoms with Crippen LogP contribution in [-0.2, 0) is 5.60 Å². The van der Waals surface area contributed by atoms with E-state index in [1.54, 1.807) is 7.11 Å². The van der Waals surface area contributed by atoms with Gasteiger partial charge in [0.25, 0.3) is 0 Å². The van der Waals surface area contributed by atoms with Crippen molar-refractivity contribution in [2.45, 2.75) is 12.0 Å². The van der Waals surface area contributed by atoms with Crippen molar-refractivity contribution >= 4 is 11.4 Å². The molecule has 25 heavy (non-hydrogen) atoms. The maximum atomic E-state index is 6.57. The van der Waals surface area contributed by atoms with E-state index < -0.39 is 5.60 Å². The Bertz CT molecular complexity index is 868. The molecular weight excluding hydrogens is 312 g/mol. The number of fused-ring (bicyclic) bond motifs is 3. The van der Waals surface area contributed by atoms with Crippen LogP contribution in [0.1, 0.15) is 17.5 Å². The third-order valence-electron chi connectivity index (χ3n) is 4.66. The van der Waals surface area contributed by atoms with Gasteiger partial charge in [0.1, 0.15) is 17.2 Å². The van der Waals surface area contributed by atoms with E-state index in [0.29, 0.717) is 19.5 Å². The van der Waals surface area contributed by atoms with Crippen LogP contribution >= 0.6 is 0 Å². The predicted molar refractivity (Wildman–Crippen MR) is 100 cm³/mol. The van der Waals surface area contributed by atoms with Gasteiger partial charge in [0.15, 0.2) is 5.60 Å². The minimum absolute atomic E-state index is 0.617. The Morgan fingerprint density at radius 3 is 2.64 bits per heavy atom. The zero-order chi connectivity index (χ0) is 17.3. The molecule has 2 aromatic rings. The third kappa shape index (κ3) is 2.45. The van der Waals surface area contributed by atoms with Crippen molar-refractivity contribution in [2.24, 2.45) is 9.98 Å². The molecule has 0 spiro atoms. The molecule has 0 saturated heterocycles. The van der Waals surface area contributed by atoms with E-state index in [0.717, 1.165) is 34.0 Å². The number of benzene rings is 2. The number of hydrogen-bond donors (Lipinski definition) is 0. The average molecular weight is 332 g/mol. The lowest BCUT2D eigenvalue weighted by Gasteiger charge is -2.41. The van der Waals surface area contributed by atoms with Gasteiger partial charge in [0, 0.05) is 17.5 Å². The maximum Gasteiger partial charge on any atom is 0.181 e. The highest BCUT2D eigenvalue weighted by atomic mass is 16.5. The minimum Gasteiger partial charge on any atom is -0.497 e. The molecule has 0 aromatic heterocycles. The van der Waals surface area contributed by atoms with Crippen molar-refractivity contribution in [3.05, 3.63) is 72.3 Å². The van der Waals surface area contributed by atoms with Crippen LogP contribution in [0.4, 0.5) is 0 Å². The van der Waals surface area contributed by atoms with E-state index >= 15 is 0 Å². The molecule has 2 heterocycles. The quantitative estimate of drug-likeness (QED) is 0.799. The number of para-hydroxylation sites is 1. The van der Waals surface area contributed by atoms with Gasteiger partial charge in [-0.2, -0.15) is 0 Å². The van der Waals surface area contributed by atoms with E-state index in [1.807, 2.05) is 54.6 Å². The summed E-state index contributed by atoms with van der Waals surface area (Å²) in [4.78, 5) is 9.60. The number of ether oxygens (including phenoxy) is 2. The molecule has 4 nitrogen and oxygen atoms in total. The van der Waals surface area contributed by atoms with Crippen molar-refractivity contribution < 1.29 is 9.47 Å². The first kappa shape index (κ1) is 15.6. The summed E-state index contributed by atoms with van der Waals surface area (Å²) in [5.41, 5.74) is 3.15. The molecule has 0 saturated carbocycles. The highest BCUT2D eigenvalue weighted by Gasteiger charge is 2.46. The summed E-state index contributed by atoms with van der Waals surface area (Å²) in [6, 6.07) is 16.0. The summed E-state index contributed by atoms with van der Waals surface area (Å²) < 4.78 is 11.9. The third-order valence-corrected chi connectivity index (χ3v) is 4.66. The van der Waals surface area contributed by atoms with Crippen molar-refractivity contribution in [1.82, 2.24) is 0 Å². The van der Waals surface area contributed by atoms with Gasteiger partial charge in [-0.15, -0.1) is 6.58 Å². The van der Waals surface area contributed by atoms with Crippen LogP contribution in [0.15, 0.2) is 71.2 Å². The highest BCUT2D eigenvalue weighted by molar-refractivity contribution is 6.52.